The van der Waals surface area contributed by atoms with E-state index in [9.17, 15) is 18.0 Å². The summed E-state index contributed by atoms with van der Waals surface area (Å²) in [5.41, 5.74) is 1.05. The lowest BCUT2D eigenvalue weighted by Crippen LogP contribution is -2.29. The largest absolute Gasteiger partial charge is 0.454 e. The molecule has 0 atom stereocenters. The van der Waals surface area contributed by atoms with Crippen LogP contribution in [0, 0.1) is 0 Å². The highest BCUT2D eigenvalue weighted by molar-refractivity contribution is 7.90. The molecular weight excluding hydrogens is 358 g/mol. The SMILES string of the molecule is CC(=O)c1ccc(S(=O)(=O)NC(=O)/C=C/c2ccc3c(c2)OCO3)cc1. The van der Waals surface area contributed by atoms with Crippen molar-refractivity contribution < 1.29 is 27.5 Å². The highest BCUT2D eigenvalue weighted by Gasteiger charge is 2.17. The Balaban J connectivity index is 1.69. The third-order valence-electron chi connectivity index (χ3n) is 3.63. The molecule has 0 bridgehead atoms. The van der Waals surface area contributed by atoms with E-state index < -0.39 is 15.9 Å². The van der Waals surface area contributed by atoms with Gasteiger partial charge in [0, 0.05) is 11.6 Å². The van der Waals surface area contributed by atoms with Gasteiger partial charge in [0.1, 0.15) is 0 Å². The van der Waals surface area contributed by atoms with Crippen LogP contribution in [0.1, 0.15) is 22.8 Å². The fourth-order valence-electron chi connectivity index (χ4n) is 2.28. The van der Waals surface area contributed by atoms with Gasteiger partial charge in [0.2, 0.25) is 6.79 Å². The number of nitrogens with one attached hydrogen (secondary N) is 1. The van der Waals surface area contributed by atoms with Gasteiger partial charge in [0.25, 0.3) is 15.9 Å². The van der Waals surface area contributed by atoms with Crippen molar-refractivity contribution in [2.24, 2.45) is 0 Å². The second kappa shape index (κ2) is 7.01. The molecule has 0 saturated heterocycles. The van der Waals surface area contributed by atoms with Gasteiger partial charge in [-0.25, -0.2) is 13.1 Å². The van der Waals surface area contributed by atoms with E-state index in [2.05, 4.69) is 0 Å². The first-order valence-corrected chi connectivity index (χ1v) is 9.09. The summed E-state index contributed by atoms with van der Waals surface area (Å²) in [6.07, 6.45) is 2.57. The minimum absolute atomic E-state index is 0.104. The molecule has 3 rings (SSSR count). The number of Topliss-reactive ketones (excluding diaryl/α,β-unsaturated/α-hetero) is 1. The number of fused-ring (bicyclic) bond motifs is 1. The molecule has 26 heavy (non-hydrogen) atoms. The molecule has 0 aliphatic carbocycles. The molecule has 134 valence electrons. The van der Waals surface area contributed by atoms with Crippen molar-refractivity contribution in [3.63, 3.8) is 0 Å². The van der Waals surface area contributed by atoms with Crippen molar-refractivity contribution in [1.29, 1.82) is 0 Å². The van der Waals surface area contributed by atoms with E-state index in [1.54, 1.807) is 18.2 Å². The maximum Gasteiger partial charge on any atom is 0.264 e. The van der Waals surface area contributed by atoms with Crippen LogP contribution in [0.15, 0.2) is 53.4 Å². The first-order chi connectivity index (χ1) is 12.3. The summed E-state index contributed by atoms with van der Waals surface area (Å²) in [5, 5.41) is 0. The molecule has 1 heterocycles. The van der Waals surface area contributed by atoms with E-state index >= 15 is 0 Å². The lowest BCUT2D eigenvalue weighted by Gasteiger charge is -2.05. The van der Waals surface area contributed by atoms with Crippen molar-refractivity contribution in [2.75, 3.05) is 6.79 Å². The molecular formula is C18H15NO6S. The lowest BCUT2D eigenvalue weighted by atomic mass is 10.2. The van der Waals surface area contributed by atoms with Gasteiger partial charge >= 0.3 is 0 Å². The van der Waals surface area contributed by atoms with Gasteiger partial charge in [-0.3, -0.25) is 9.59 Å². The fraction of sp³-hybridized carbons (Fsp3) is 0.111. The Morgan fingerprint density at radius 1 is 1.04 bits per heavy atom. The first kappa shape index (κ1) is 17.7. The highest BCUT2D eigenvalue weighted by Crippen LogP contribution is 2.32. The summed E-state index contributed by atoms with van der Waals surface area (Å²) in [6.45, 7) is 1.52. The number of carbonyl (C=O) groups is 2. The molecule has 0 radical (unpaired) electrons. The molecule has 0 spiro atoms. The number of amides is 1. The van der Waals surface area contributed by atoms with Gasteiger partial charge < -0.3 is 9.47 Å². The monoisotopic (exact) mass is 373 g/mol. The number of benzene rings is 2. The average molecular weight is 373 g/mol. The van der Waals surface area contributed by atoms with Crippen LogP contribution in [0.2, 0.25) is 0 Å². The zero-order valence-corrected chi connectivity index (χ0v) is 14.6. The van der Waals surface area contributed by atoms with Crippen molar-refractivity contribution in [2.45, 2.75) is 11.8 Å². The summed E-state index contributed by atoms with van der Waals surface area (Å²) in [6, 6.07) is 10.4. The normalized spacial score (nSPS) is 13.0. The van der Waals surface area contributed by atoms with Gasteiger partial charge in [-0.2, -0.15) is 0 Å². The summed E-state index contributed by atoms with van der Waals surface area (Å²) in [4.78, 5) is 23.1. The van der Waals surface area contributed by atoms with Crippen molar-refractivity contribution in [3.05, 3.63) is 59.7 Å². The molecule has 0 aromatic heterocycles. The van der Waals surface area contributed by atoms with E-state index in [1.165, 1.54) is 37.3 Å². The standard InChI is InChI=1S/C18H15NO6S/c1-12(20)14-4-6-15(7-5-14)26(22,23)19-18(21)9-3-13-2-8-16-17(10-13)25-11-24-16/h2-10H,11H2,1H3,(H,19,21)/b9-3+. The third-order valence-corrected chi connectivity index (χ3v) is 4.99. The topological polar surface area (TPSA) is 98.8 Å². The smallest absolute Gasteiger partial charge is 0.264 e. The number of ether oxygens (including phenoxy) is 2. The average Bonchev–Trinajstić information content (AvgIpc) is 3.07. The lowest BCUT2D eigenvalue weighted by molar-refractivity contribution is -0.114. The van der Waals surface area contributed by atoms with Gasteiger partial charge in [-0.05, 0) is 42.8 Å². The van der Waals surface area contributed by atoms with E-state index in [0.717, 1.165) is 6.08 Å². The maximum atomic E-state index is 12.2. The molecule has 1 amide bonds. The van der Waals surface area contributed by atoms with Crippen molar-refractivity contribution in [1.82, 2.24) is 4.72 Å². The second-order valence-electron chi connectivity index (χ2n) is 5.50. The number of rotatable bonds is 5. The van der Waals surface area contributed by atoms with Crippen LogP contribution in [0.5, 0.6) is 11.5 Å². The van der Waals surface area contributed by atoms with Gasteiger partial charge in [-0.1, -0.05) is 18.2 Å². The van der Waals surface area contributed by atoms with E-state index in [4.69, 9.17) is 9.47 Å². The van der Waals surface area contributed by atoms with Crippen LogP contribution in [0.3, 0.4) is 0 Å². The Morgan fingerprint density at radius 2 is 1.73 bits per heavy atom. The molecule has 1 aliphatic heterocycles. The maximum absolute atomic E-state index is 12.2. The van der Waals surface area contributed by atoms with Crippen LogP contribution >= 0.6 is 0 Å². The predicted molar refractivity (Wildman–Crippen MR) is 93.4 cm³/mol. The second-order valence-corrected chi connectivity index (χ2v) is 7.18. The summed E-state index contributed by atoms with van der Waals surface area (Å²) in [7, 11) is -4.02. The quantitative estimate of drug-likeness (QED) is 0.637. The Bertz CT molecular complexity index is 993. The van der Waals surface area contributed by atoms with Crippen molar-refractivity contribution >= 4 is 27.8 Å². The van der Waals surface area contributed by atoms with Gasteiger partial charge in [0.15, 0.2) is 17.3 Å². The molecule has 0 saturated carbocycles. The van der Waals surface area contributed by atoms with Gasteiger partial charge in [-0.15, -0.1) is 0 Å². The third kappa shape index (κ3) is 3.92. The molecule has 1 aliphatic rings. The molecule has 0 fully saturated rings. The number of carbonyl (C=O) groups excluding carboxylic acids is 2. The van der Waals surface area contributed by atoms with Crippen LogP contribution in [0.4, 0.5) is 0 Å². The van der Waals surface area contributed by atoms with Crippen LogP contribution in [0.25, 0.3) is 6.08 Å². The van der Waals surface area contributed by atoms with E-state index in [1.807, 2.05) is 4.72 Å². The van der Waals surface area contributed by atoms with Crippen LogP contribution in [-0.2, 0) is 14.8 Å². The summed E-state index contributed by atoms with van der Waals surface area (Å²) >= 11 is 0. The highest BCUT2D eigenvalue weighted by atomic mass is 32.2. The fourth-order valence-corrected chi connectivity index (χ4v) is 3.23. The minimum atomic E-state index is -4.02. The Hall–Kier alpha value is -3.13. The zero-order chi connectivity index (χ0) is 18.7. The van der Waals surface area contributed by atoms with Crippen LogP contribution < -0.4 is 14.2 Å². The Labute approximate surface area is 150 Å². The molecule has 7 nitrogen and oxygen atoms in total. The van der Waals surface area contributed by atoms with E-state index in [0.29, 0.717) is 22.6 Å². The minimum Gasteiger partial charge on any atom is -0.454 e. The number of hydrogen-bond acceptors (Lipinski definition) is 6. The summed E-state index contributed by atoms with van der Waals surface area (Å²) < 4.78 is 36.8. The number of hydrogen-bond donors (Lipinski definition) is 1. The Morgan fingerprint density at radius 3 is 2.42 bits per heavy atom. The molecule has 2 aromatic carbocycles. The first-order valence-electron chi connectivity index (χ1n) is 7.61. The van der Waals surface area contributed by atoms with Crippen molar-refractivity contribution in [3.8, 4) is 11.5 Å². The number of sulfonamides is 1. The Kier molecular flexibility index (Phi) is 4.77. The molecule has 1 N–H and O–H groups in total. The predicted octanol–water partition coefficient (Wildman–Crippen LogP) is 2.14. The molecule has 8 heteroatoms. The zero-order valence-electron chi connectivity index (χ0n) is 13.8. The molecule has 0 unspecified atom stereocenters. The van der Waals surface area contributed by atoms with E-state index in [-0.39, 0.29) is 17.5 Å². The molecule has 2 aromatic rings. The van der Waals surface area contributed by atoms with Crippen LogP contribution in [-0.4, -0.2) is 26.9 Å². The number of ketones is 1. The van der Waals surface area contributed by atoms with Gasteiger partial charge in [0.05, 0.1) is 4.90 Å². The summed E-state index contributed by atoms with van der Waals surface area (Å²) in [5.74, 6) is 0.205.